The van der Waals surface area contributed by atoms with E-state index in [1.54, 1.807) is 18.2 Å². The third-order valence-corrected chi connectivity index (χ3v) is 4.02. The number of carbonyl (C=O) groups excluding carboxylic acids is 2. The fourth-order valence-corrected chi connectivity index (χ4v) is 2.44. The Morgan fingerprint density at radius 1 is 1.12 bits per heavy atom. The molecule has 3 aromatic rings. The summed E-state index contributed by atoms with van der Waals surface area (Å²) in [4.78, 5) is 38.7. The molecule has 33 heavy (non-hydrogen) atoms. The van der Waals surface area contributed by atoms with Crippen molar-refractivity contribution in [1.82, 2.24) is 4.98 Å². The van der Waals surface area contributed by atoms with Crippen LogP contribution < -0.4 is 27.3 Å². The van der Waals surface area contributed by atoms with Crippen LogP contribution in [0, 0.1) is 6.92 Å². The lowest BCUT2D eigenvalue weighted by Crippen LogP contribution is -2.17. The average Bonchev–Trinajstić information content (AvgIpc) is 3.09. The van der Waals surface area contributed by atoms with Crippen molar-refractivity contribution in [2.24, 2.45) is 16.0 Å². The van der Waals surface area contributed by atoms with E-state index < -0.39 is 12.0 Å². The minimum Gasteiger partial charge on any atom is -0.426 e. The molecule has 2 heterocycles. The Morgan fingerprint density at radius 2 is 1.88 bits per heavy atom. The molecule has 0 aliphatic heterocycles. The molecule has 13 nitrogen and oxygen atoms in total. The predicted octanol–water partition coefficient (Wildman–Crippen LogP) is 2.94. The van der Waals surface area contributed by atoms with Gasteiger partial charge in [-0.3, -0.25) is 4.79 Å². The van der Waals surface area contributed by atoms with Crippen LogP contribution in [0.15, 0.2) is 60.3 Å². The molecule has 0 aliphatic rings. The number of aromatic nitrogens is 1. The largest absolute Gasteiger partial charge is 0.519 e. The molecule has 0 aliphatic carbocycles. The van der Waals surface area contributed by atoms with Crippen LogP contribution in [0.4, 0.5) is 27.8 Å². The standard InChI is InChI=1S/C20H20N6O7/c1-11-15(33-20(29)31-11)10-30-19(28)32-14-5-3-2-4-12(14)25-26-13-6-7-16(24-18(13)22)23-17(27)8-9-21/h2-7H,8-10,21H2,1H3,(H3,22,23,24,27). The molecule has 0 unspecified atom stereocenters. The summed E-state index contributed by atoms with van der Waals surface area (Å²) in [7, 11) is 0. The SMILES string of the molecule is Cc1oc(=O)oc1COC(=O)Oc1ccccc1N=Nc1ccc(NC(=O)CCN)nc1N. The molecule has 1 aromatic carbocycles. The highest BCUT2D eigenvalue weighted by Crippen LogP contribution is 2.31. The van der Waals surface area contributed by atoms with Crippen LogP contribution in [-0.4, -0.2) is 23.6 Å². The van der Waals surface area contributed by atoms with Gasteiger partial charge in [-0.05, 0) is 31.2 Å². The van der Waals surface area contributed by atoms with Gasteiger partial charge in [0.2, 0.25) is 5.91 Å². The monoisotopic (exact) mass is 456 g/mol. The fraction of sp³-hybridized carbons (Fsp3) is 0.200. The molecule has 3 rings (SSSR count). The second-order valence-corrected chi connectivity index (χ2v) is 6.43. The topological polar surface area (TPSA) is 198 Å². The Kier molecular flexibility index (Phi) is 7.49. The van der Waals surface area contributed by atoms with Crippen molar-refractivity contribution in [1.29, 1.82) is 0 Å². The molecule has 0 bridgehead atoms. The average molecular weight is 456 g/mol. The van der Waals surface area contributed by atoms with Crippen LogP contribution in [0.2, 0.25) is 0 Å². The van der Waals surface area contributed by atoms with Gasteiger partial charge in [-0.2, -0.15) is 0 Å². The van der Waals surface area contributed by atoms with Crippen molar-refractivity contribution in [2.45, 2.75) is 20.0 Å². The highest BCUT2D eigenvalue weighted by atomic mass is 16.7. The predicted molar refractivity (Wildman–Crippen MR) is 114 cm³/mol. The van der Waals surface area contributed by atoms with Gasteiger partial charge in [0.05, 0.1) is 0 Å². The van der Waals surface area contributed by atoms with Gasteiger partial charge >= 0.3 is 12.0 Å². The van der Waals surface area contributed by atoms with E-state index in [0.29, 0.717) is 0 Å². The second-order valence-electron chi connectivity index (χ2n) is 6.43. The normalized spacial score (nSPS) is 10.8. The third-order valence-electron chi connectivity index (χ3n) is 4.02. The summed E-state index contributed by atoms with van der Waals surface area (Å²) in [5, 5.41) is 10.6. The number of nitrogen functional groups attached to an aromatic ring is 1. The van der Waals surface area contributed by atoms with Crippen molar-refractivity contribution in [3.8, 4) is 5.75 Å². The van der Waals surface area contributed by atoms with Gasteiger partial charge < -0.3 is 35.1 Å². The number of carbonyl (C=O) groups is 2. The zero-order chi connectivity index (χ0) is 23.8. The van der Waals surface area contributed by atoms with Gasteiger partial charge in [0.1, 0.15) is 17.2 Å². The van der Waals surface area contributed by atoms with E-state index in [9.17, 15) is 14.4 Å². The number of para-hydroxylation sites is 1. The first-order chi connectivity index (χ1) is 15.9. The van der Waals surface area contributed by atoms with Crippen molar-refractivity contribution in [3.05, 3.63) is 58.5 Å². The zero-order valence-corrected chi connectivity index (χ0v) is 17.4. The maximum Gasteiger partial charge on any atom is 0.519 e. The molecule has 0 saturated heterocycles. The summed E-state index contributed by atoms with van der Waals surface area (Å²) in [5.41, 5.74) is 11.7. The molecular formula is C20H20N6O7. The van der Waals surface area contributed by atoms with E-state index in [1.807, 2.05) is 0 Å². The molecule has 13 heteroatoms. The highest BCUT2D eigenvalue weighted by Gasteiger charge is 2.15. The van der Waals surface area contributed by atoms with Crippen LogP contribution in [0.5, 0.6) is 5.75 Å². The number of anilines is 2. The first-order valence-electron chi connectivity index (χ1n) is 9.57. The van der Waals surface area contributed by atoms with Gasteiger partial charge in [-0.25, -0.2) is 14.6 Å². The highest BCUT2D eigenvalue weighted by molar-refractivity contribution is 5.90. The van der Waals surface area contributed by atoms with Crippen LogP contribution in [0.3, 0.4) is 0 Å². The van der Waals surface area contributed by atoms with Crippen molar-refractivity contribution in [3.63, 3.8) is 0 Å². The molecule has 0 fully saturated rings. The smallest absolute Gasteiger partial charge is 0.426 e. The van der Waals surface area contributed by atoms with Crippen LogP contribution >= 0.6 is 0 Å². The molecule has 5 N–H and O–H groups in total. The first kappa shape index (κ1) is 23.1. The number of nitrogens with two attached hydrogens (primary N) is 2. The van der Waals surface area contributed by atoms with Crippen molar-refractivity contribution >= 4 is 35.1 Å². The maximum absolute atomic E-state index is 12.0. The molecule has 2 aromatic heterocycles. The number of aryl methyl sites for hydroxylation is 1. The van der Waals surface area contributed by atoms with E-state index >= 15 is 0 Å². The Labute approximate surface area is 186 Å². The quantitative estimate of drug-likeness (QED) is 0.257. The van der Waals surface area contributed by atoms with E-state index in [4.69, 9.17) is 25.4 Å². The van der Waals surface area contributed by atoms with Crippen LogP contribution in [0.1, 0.15) is 17.9 Å². The number of azo groups is 1. The first-order valence-corrected chi connectivity index (χ1v) is 9.57. The fourth-order valence-electron chi connectivity index (χ4n) is 2.44. The number of rotatable bonds is 8. The lowest BCUT2D eigenvalue weighted by molar-refractivity contribution is -0.116. The molecule has 0 radical (unpaired) electrons. The number of nitrogens with zero attached hydrogens (tertiary/aromatic N) is 3. The van der Waals surface area contributed by atoms with Crippen molar-refractivity contribution in [2.75, 3.05) is 17.6 Å². The number of amides is 1. The molecule has 0 atom stereocenters. The summed E-state index contributed by atoms with van der Waals surface area (Å²) in [6.45, 7) is 1.35. The summed E-state index contributed by atoms with van der Waals surface area (Å²) >= 11 is 0. The summed E-state index contributed by atoms with van der Waals surface area (Å²) in [5.74, 6) is -0.589. The van der Waals surface area contributed by atoms with Crippen LogP contribution in [-0.2, 0) is 16.1 Å². The number of hydrogen-bond acceptors (Lipinski definition) is 12. The van der Waals surface area contributed by atoms with E-state index in [2.05, 4.69) is 24.9 Å². The Hall–Kier alpha value is -4.52. The minimum absolute atomic E-state index is 0.0269. The van der Waals surface area contributed by atoms with Gasteiger partial charge in [0.15, 0.2) is 29.7 Å². The van der Waals surface area contributed by atoms with Gasteiger partial charge in [0, 0.05) is 13.0 Å². The van der Waals surface area contributed by atoms with E-state index in [0.717, 1.165) is 0 Å². The maximum atomic E-state index is 12.0. The van der Waals surface area contributed by atoms with Gasteiger partial charge in [-0.1, -0.05) is 12.1 Å². The third kappa shape index (κ3) is 6.48. The molecule has 0 saturated carbocycles. The van der Waals surface area contributed by atoms with Gasteiger partial charge in [0.25, 0.3) is 0 Å². The number of ether oxygens (including phenoxy) is 2. The van der Waals surface area contributed by atoms with E-state index in [-0.39, 0.29) is 65.8 Å². The Balaban J connectivity index is 1.66. The van der Waals surface area contributed by atoms with Crippen molar-refractivity contribution < 1.29 is 27.9 Å². The zero-order valence-electron chi connectivity index (χ0n) is 17.4. The number of benzene rings is 1. The van der Waals surface area contributed by atoms with Crippen LogP contribution in [0.25, 0.3) is 0 Å². The van der Waals surface area contributed by atoms with Gasteiger partial charge in [-0.15, -0.1) is 10.2 Å². The summed E-state index contributed by atoms with van der Waals surface area (Å²) < 4.78 is 19.5. The number of pyridine rings is 1. The minimum atomic E-state index is -1.06. The number of hydrogen-bond donors (Lipinski definition) is 3. The molecule has 172 valence electrons. The van der Waals surface area contributed by atoms with E-state index in [1.165, 1.54) is 25.1 Å². The molecular weight excluding hydrogens is 436 g/mol. The lowest BCUT2D eigenvalue weighted by atomic mass is 10.3. The summed E-state index contributed by atoms with van der Waals surface area (Å²) in [6, 6.07) is 9.34. The molecule has 0 spiro atoms. The number of nitrogens with one attached hydrogen (secondary N) is 1. The Bertz CT molecular complexity index is 1230. The lowest BCUT2D eigenvalue weighted by Gasteiger charge is -2.07. The second kappa shape index (κ2) is 10.7. The Morgan fingerprint density at radius 3 is 2.58 bits per heavy atom. The molecule has 1 amide bonds. The summed E-state index contributed by atoms with van der Waals surface area (Å²) in [6.07, 6.45) is -0.905.